The Balaban J connectivity index is 1.70. The van der Waals surface area contributed by atoms with E-state index < -0.39 is 0 Å². The second-order valence-electron chi connectivity index (χ2n) is 5.53. The number of carbonyl (C=O) groups is 1. The molecule has 2 aromatic carbocycles. The van der Waals surface area contributed by atoms with E-state index in [-0.39, 0.29) is 6.03 Å². The lowest BCUT2D eigenvalue weighted by Gasteiger charge is -2.12. The van der Waals surface area contributed by atoms with Crippen LogP contribution >= 0.6 is 11.6 Å². The zero-order valence-corrected chi connectivity index (χ0v) is 14.2. The number of nitrogens with one attached hydrogen (secondary N) is 2. The van der Waals surface area contributed by atoms with Crippen LogP contribution in [0.5, 0.6) is 0 Å². The third kappa shape index (κ3) is 5.49. The molecular weight excluding hydrogens is 310 g/mol. The van der Waals surface area contributed by atoms with E-state index in [2.05, 4.69) is 39.8 Å². The zero-order valence-electron chi connectivity index (χ0n) is 13.5. The van der Waals surface area contributed by atoms with Crippen LogP contribution in [0, 0.1) is 0 Å². The molecule has 0 aliphatic heterocycles. The first-order valence-electron chi connectivity index (χ1n) is 7.62. The first kappa shape index (κ1) is 17.2. The van der Waals surface area contributed by atoms with Crippen LogP contribution in [-0.2, 0) is 6.42 Å². The van der Waals surface area contributed by atoms with Crippen LogP contribution in [0.15, 0.2) is 48.5 Å². The van der Waals surface area contributed by atoms with E-state index in [1.807, 2.05) is 26.2 Å². The maximum atomic E-state index is 11.8. The molecule has 5 heteroatoms. The quantitative estimate of drug-likeness (QED) is 0.781. The number of nitrogens with zero attached hydrogens (tertiary/aromatic N) is 1. The highest BCUT2D eigenvalue weighted by Crippen LogP contribution is 2.20. The van der Waals surface area contributed by atoms with Crippen molar-refractivity contribution < 1.29 is 4.79 Å². The van der Waals surface area contributed by atoms with Crippen molar-refractivity contribution in [2.75, 3.05) is 30.9 Å². The average molecular weight is 332 g/mol. The smallest absolute Gasteiger partial charge is 0.319 e. The minimum atomic E-state index is -0.235. The molecule has 0 bridgehead atoms. The minimum Gasteiger partial charge on any atom is -0.378 e. The number of aryl methyl sites for hydroxylation is 1. The molecule has 0 fully saturated rings. The summed E-state index contributed by atoms with van der Waals surface area (Å²) in [5.74, 6) is 0. The SMILES string of the molecule is CN(C)c1ccc(CCCNC(=O)Nc2ccccc2Cl)cc1. The summed E-state index contributed by atoms with van der Waals surface area (Å²) in [5.41, 5.74) is 3.07. The largest absolute Gasteiger partial charge is 0.378 e. The Morgan fingerprint density at radius 3 is 2.43 bits per heavy atom. The number of halogens is 1. The molecule has 0 unspecified atom stereocenters. The Bertz CT molecular complexity index is 641. The Morgan fingerprint density at radius 1 is 1.09 bits per heavy atom. The van der Waals surface area contributed by atoms with E-state index in [9.17, 15) is 4.79 Å². The highest BCUT2D eigenvalue weighted by Gasteiger charge is 2.04. The highest BCUT2D eigenvalue weighted by molar-refractivity contribution is 6.33. The fourth-order valence-corrected chi connectivity index (χ4v) is 2.37. The number of anilines is 2. The van der Waals surface area contributed by atoms with Crippen LogP contribution in [0.3, 0.4) is 0 Å². The Labute approximate surface area is 142 Å². The maximum absolute atomic E-state index is 11.8. The molecule has 122 valence electrons. The molecular formula is C18H22ClN3O. The van der Waals surface area contributed by atoms with Gasteiger partial charge in [0, 0.05) is 26.3 Å². The van der Waals surface area contributed by atoms with Crippen molar-refractivity contribution in [3.05, 3.63) is 59.1 Å². The molecule has 0 spiro atoms. The van der Waals surface area contributed by atoms with Gasteiger partial charge in [-0.2, -0.15) is 0 Å². The molecule has 2 aromatic rings. The minimum absolute atomic E-state index is 0.235. The summed E-state index contributed by atoms with van der Waals surface area (Å²) < 4.78 is 0. The molecule has 2 amide bonds. The first-order chi connectivity index (χ1) is 11.1. The standard InChI is InChI=1S/C18H22ClN3O/c1-22(2)15-11-9-14(10-12-15)6-5-13-20-18(23)21-17-8-4-3-7-16(17)19/h3-4,7-12H,5-6,13H2,1-2H3,(H2,20,21,23). The number of urea groups is 1. The van der Waals surface area contributed by atoms with Gasteiger partial charge in [-0.15, -0.1) is 0 Å². The maximum Gasteiger partial charge on any atom is 0.319 e. The van der Waals surface area contributed by atoms with Crippen LogP contribution in [0.4, 0.5) is 16.2 Å². The van der Waals surface area contributed by atoms with Gasteiger partial charge in [-0.3, -0.25) is 0 Å². The number of amides is 2. The molecule has 0 aliphatic rings. The number of para-hydroxylation sites is 1. The summed E-state index contributed by atoms with van der Waals surface area (Å²) in [4.78, 5) is 13.9. The zero-order chi connectivity index (χ0) is 16.7. The van der Waals surface area contributed by atoms with Gasteiger partial charge in [0.1, 0.15) is 0 Å². The third-order valence-electron chi connectivity index (χ3n) is 3.50. The molecule has 0 atom stereocenters. The Kier molecular flexibility index (Phi) is 6.29. The molecule has 0 aromatic heterocycles. The third-order valence-corrected chi connectivity index (χ3v) is 3.83. The highest BCUT2D eigenvalue weighted by atomic mass is 35.5. The van der Waals surface area contributed by atoms with E-state index >= 15 is 0 Å². The normalized spacial score (nSPS) is 10.2. The van der Waals surface area contributed by atoms with Crippen molar-refractivity contribution in [3.63, 3.8) is 0 Å². The van der Waals surface area contributed by atoms with Gasteiger partial charge in [-0.25, -0.2) is 4.79 Å². The van der Waals surface area contributed by atoms with Crippen molar-refractivity contribution in [3.8, 4) is 0 Å². The van der Waals surface area contributed by atoms with Crippen molar-refractivity contribution in [1.82, 2.24) is 5.32 Å². The van der Waals surface area contributed by atoms with Gasteiger partial charge in [-0.1, -0.05) is 35.9 Å². The first-order valence-corrected chi connectivity index (χ1v) is 7.99. The van der Waals surface area contributed by atoms with Gasteiger partial charge in [0.15, 0.2) is 0 Å². The Morgan fingerprint density at radius 2 is 1.78 bits per heavy atom. The predicted molar refractivity (Wildman–Crippen MR) is 97.6 cm³/mol. The van der Waals surface area contributed by atoms with Crippen molar-refractivity contribution in [2.45, 2.75) is 12.8 Å². The van der Waals surface area contributed by atoms with E-state index in [1.54, 1.807) is 12.1 Å². The summed E-state index contributed by atoms with van der Waals surface area (Å²) in [6.45, 7) is 0.617. The fourth-order valence-electron chi connectivity index (χ4n) is 2.18. The van der Waals surface area contributed by atoms with Crippen LogP contribution in [-0.4, -0.2) is 26.7 Å². The number of benzene rings is 2. The second-order valence-corrected chi connectivity index (χ2v) is 5.93. The van der Waals surface area contributed by atoms with Crippen molar-refractivity contribution >= 4 is 29.0 Å². The van der Waals surface area contributed by atoms with Gasteiger partial charge in [0.25, 0.3) is 0 Å². The van der Waals surface area contributed by atoms with Crippen LogP contribution in [0.1, 0.15) is 12.0 Å². The molecule has 0 aliphatic carbocycles. The monoisotopic (exact) mass is 331 g/mol. The van der Waals surface area contributed by atoms with E-state index in [0.717, 1.165) is 12.8 Å². The predicted octanol–water partition coefficient (Wildman–Crippen LogP) is 4.16. The van der Waals surface area contributed by atoms with Gasteiger partial charge in [-0.05, 0) is 42.7 Å². The summed E-state index contributed by atoms with van der Waals surface area (Å²) in [6.07, 6.45) is 1.82. The lowest BCUT2D eigenvalue weighted by atomic mass is 10.1. The molecule has 0 heterocycles. The van der Waals surface area contributed by atoms with Gasteiger partial charge < -0.3 is 15.5 Å². The van der Waals surface area contributed by atoms with Crippen LogP contribution < -0.4 is 15.5 Å². The van der Waals surface area contributed by atoms with Crippen LogP contribution in [0.2, 0.25) is 5.02 Å². The molecule has 0 radical (unpaired) electrons. The number of hydrogen-bond acceptors (Lipinski definition) is 2. The average Bonchev–Trinajstić information content (AvgIpc) is 2.54. The molecule has 4 nitrogen and oxygen atoms in total. The number of hydrogen-bond donors (Lipinski definition) is 2. The summed E-state index contributed by atoms with van der Waals surface area (Å²) in [5, 5.41) is 6.11. The van der Waals surface area contributed by atoms with Gasteiger partial charge >= 0.3 is 6.03 Å². The Hall–Kier alpha value is -2.20. The van der Waals surface area contributed by atoms with Gasteiger partial charge in [0.2, 0.25) is 0 Å². The lowest BCUT2D eigenvalue weighted by Crippen LogP contribution is -2.29. The number of carbonyl (C=O) groups excluding carboxylic acids is 1. The number of rotatable bonds is 6. The van der Waals surface area contributed by atoms with E-state index in [0.29, 0.717) is 17.3 Å². The molecule has 0 saturated heterocycles. The fraction of sp³-hybridized carbons (Fsp3) is 0.278. The summed E-state index contributed by atoms with van der Waals surface area (Å²) >= 11 is 6.00. The van der Waals surface area contributed by atoms with Crippen LogP contribution in [0.25, 0.3) is 0 Å². The summed E-state index contributed by atoms with van der Waals surface area (Å²) in [7, 11) is 4.05. The van der Waals surface area contributed by atoms with Crippen molar-refractivity contribution in [1.29, 1.82) is 0 Å². The topological polar surface area (TPSA) is 44.4 Å². The molecule has 0 saturated carbocycles. The lowest BCUT2D eigenvalue weighted by molar-refractivity contribution is 0.252. The summed E-state index contributed by atoms with van der Waals surface area (Å²) in [6, 6.07) is 15.4. The second kappa shape index (κ2) is 8.44. The van der Waals surface area contributed by atoms with Crippen molar-refractivity contribution in [2.24, 2.45) is 0 Å². The molecule has 2 rings (SSSR count). The van der Waals surface area contributed by atoms with Gasteiger partial charge in [0.05, 0.1) is 10.7 Å². The van der Waals surface area contributed by atoms with E-state index in [1.165, 1.54) is 11.3 Å². The molecule has 23 heavy (non-hydrogen) atoms. The molecule has 2 N–H and O–H groups in total. The van der Waals surface area contributed by atoms with E-state index in [4.69, 9.17) is 11.6 Å².